The first-order valence-corrected chi connectivity index (χ1v) is 11.9. The maximum atomic E-state index is 12.3. The summed E-state index contributed by atoms with van der Waals surface area (Å²) in [6.07, 6.45) is 3.08. The van der Waals surface area contributed by atoms with Crippen LogP contribution in [0.1, 0.15) is 23.7 Å². The molecule has 0 spiro atoms. The number of thiazole rings is 1. The molecular weight excluding hydrogens is 499 g/mol. The van der Waals surface area contributed by atoms with Gasteiger partial charge in [0.2, 0.25) is 5.91 Å². The number of halogens is 2. The number of hydrogen-bond acceptors (Lipinski definition) is 7. The molecule has 1 amide bonds. The average Bonchev–Trinajstić information content (AvgIpc) is 3.24. The Bertz CT molecular complexity index is 1180. The molecule has 1 aromatic heterocycles. The summed E-state index contributed by atoms with van der Waals surface area (Å²) in [5.41, 5.74) is 1.96. The molecule has 0 fully saturated rings. The number of nitrogens with one attached hydrogen (secondary N) is 1. The molecule has 34 heavy (non-hydrogen) atoms. The molecule has 0 saturated heterocycles. The van der Waals surface area contributed by atoms with Crippen LogP contribution in [0.5, 0.6) is 11.5 Å². The number of aromatic nitrogens is 1. The summed E-state index contributed by atoms with van der Waals surface area (Å²) in [5.74, 6) is 0.290. The molecule has 0 saturated carbocycles. The highest BCUT2D eigenvalue weighted by Crippen LogP contribution is 2.31. The number of hydrogen-bond donors (Lipinski definition) is 1. The molecular formula is C24H22Cl2N2O5S. The van der Waals surface area contributed by atoms with E-state index in [-0.39, 0.29) is 24.9 Å². The zero-order valence-electron chi connectivity index (χ0n) is 18.5. The lowest BCUT2D eigenvalue weighted by Gasteiger charge is -2.13. The van der Waals surface area contributed by atoms with Crippen LogP contribution in [-0.2, 0) is 27.4 Å². The standard InChI is InChI=1S/C24H22Cl2N2O5S/c1-3-32-23(30)12-16-14-34-24(27-16)28-22(29)10-8-15-7-9-20(21(11-15)31-2)33-13-17-18(25)5-4-6-19(17)26/h4-11,14H,3,12-13H2,1-2H3,(H,27,28,29)/b10-8+. The first kappa shape index (κ1) is 25.6. The second kappa shape index (κ2) is 12.4. The summed E-state index contributed by atoms with van der Waals surface area (Å²) in [7, 11) is 1.53. The maximum absolute atomic E-state index is 12.3. The molecule has 0 bridgehead atoms. The van der Waals surface area contributed by atoms with Crippen LogP contribution in [0.2, 0.25) is 10.0 Å². The number of methoxy groups -OCH3 is 1. The predicted octanol–water partition coefficient (Wildman–Crippen LogP) is 5.80. The summed E-state index contributed by atoms with van der Waals surface area (Å²) < 4.78 is 16.2. The Kier molecular flexibility index (Phi) is 9.33. The molecule has 1 N–H and O–H groups in total. The molecule has 0 aliphatic rings. The smallest absolute Gasteiger partial charge is 0.311 e. The van der Waals surface area contributed by atoms with Crippen LogP contribution in [0.4, 0.5) is 5.13 Å². The Morgan fingerprint density at radius 1 is 1.15 bits per heavy atom. The first-order chi connectivity index (χ1) is 16.4. The van der Waals surface area contributed by atoms with E-state index in [9.17, 15) is 9.59 Å². The van der Waals surface area contributed by atoms with Gasteiger partial charge in [-0.1, -0.05) is 35.3 Å². The molecule has 3 aromatic rings. The van der Waals surface area contributed by atoms with Crippen LogP contribution in [-0.4, -0.2) is 30.6 Å². The number of esters is 1. The van der Waals surface area contributed by atoms with Gasteiger partial charge >= 0.3 is 5.97 Å². The second-order valence-electron chi connectivity index (χ2n) is 6.85. The fourth-order valence-electron chi connectivity index (χ4n) is 2.85. The van der Waals surface area contributed by atoms with Gasteiger partial charge in [-0.15, -0.1) is 11.3 Å². The normalized spacial score (nSPS) is 10.8. The zero-order chi connectivity index (χ0) is 24.5. The van der Waals surface area contributed by atoms with Crippen molar-refractivity contribution in [1.29, 1.82) is 0 Å². The predicted molar refractivity (Wildman–Crippen MR) is 134 cm³/mol. The van der Waals surface area contributed by atoms with E-state index in [4.69, 9.17) is 37.4 Å². The number of anilines is 1. The average molecular weight is 521 g/mol. The van der Waals surface area contributed by atoms with Crippen LogP contribution in [0.25, 0.3) is 6.08 Å². The van der Waals surface area contributed by atoms with Gasteiger partial charge in [-0.3, -0.25) is 14.9 Å². The van der Waals surface area contributed by atoms with Crippen LogP contribution in [0, 0.1) is 0 Å². The van der Waals surface area contributed by atoms with Crippen LogP contribution in [0.15, 0.2) is 47.9 Å². The highest BCUT2D eigenvalue weighted by atomic mass is 35.5. The zero-order valence-corrected chi connectivity index (χ0v) is 20.8. The third kappa shape index (κ3) is 7.21. The molecule has 10 heteroatoms. The van der Waals surface area contributed by atoms with Gasteiger partial charge in [-0.25, -0.2) is 4.98 Å². The van der Waals surface area contributed by atoms with Crippen LogP contribution in [0.3, 0.4) is 0 Å². The van der Waals surface area contributed by atoms with E-state index < -0.39 is 0 Å². The quantitative estimate of drug-likeness (QED) is 0.268. The fraction of sp³-hybridized carbons (Fsp3) is 0.208. The molecule has 0 unspecified atom stereocenters. The number of carbonyl (C=O) groups is 2. The molecule has 0 radical (unpaired) electrons. The monoisotopic (exact) mass is 520 g/mol. The Morgan fingerprint density at radius 2 is 1.91 bits per heavy atom. The number of rotatable bonds is 10. The lowest BCUT2D eigenvalue weighted by atomic mass is 10.2. The van der Waals surface area contributed by atoms with Crippen LogP contribution >= 0.6 is 34.5 Å². The van der Waals surface area contributed by atoms with Gasteiger partial charge in [0, 0.05) is 27.1 Å². The highest BCUT2D eigenvalue weighted by Gasteiger charge is 2.11. The first-order valence-electron chi connectivity index (χ1n) is 10.2. The van der Waals surface area contributed by atoms with E-state index in [0.29, 0.717) is 44.5 Å². The van der Waals surface area contributed by atoms with E-state index in [1.54, 1.807) is 54.8 Å². The highest BCUT2D eigenvalue weighted by molar-refractivity contribution is 7.14. The van der Waals surface area contributed by atoms with Gasteiger partial charge in [0.15, 0.2) is 16.6 Å². The van der Waals surface area contributed by atoms with Gasteiger partial charge in [0.1, 0.15) is 6.61 Å². The van der Waals surface area contributed by atoms with E-state index >= 15 is 0 Å². The van der Waals surface area contributed by atoms with Gasteiger partial charge in [0.05, 0.1) is 25.8 Å². The topological polar surface area (TPSA) is 86.8 Å². The third-order valence-corrected chi connectivity index (χ3v) is 5.98. The molecule has 0 aliphatic heterocycles. The molecule has 178 valence electrons. The van der Waals surface area contributed by atoms with Crippen LogP contribution < -0.4 is 14.8 Å². The third-order valence-electron chi connectivity index (χ3n) is 4.46. The van der Waals surface area contributed by atoms with Crippen molar-refractivity contribution in [2.45, 2.75) is 20.0 Å². The SMILES string of the molecule is CCOC(=O)Cc1csc(NC(=O)/C=C/c2ccc(OCc3c(Cl)cccc3Cl)c(OC)c2)n1. The number of ether oxygens (including phenoxy) is 3. The van der Waals surface area contributed by atoms with Gasteiger partial charge in [0.25, 0.3) is 0 Å². The van der Waals surface area contributed by atoms with E-state index in [1.807, 2.05) is 0 Å². The summed E-state index contributed by atoms with van der Waals surface area (Å²) >= 11 is 13.6. The number of amides is 1. The number of benzene rings is 2. The largest absolute Gasteiger partial charge is 0.493 e. The number of nitrogens with zero attached hydrogens (tertiary/aromatic N) is 1. The maximum Gasteiger partial charge on any atom is 0.311 e. The second-order valence-corrected chi connectivity index (χ2v) is 8.52. The Labute approximate surface area is 211 Å². The lowest BCUT2D eigenvalue weighted by molar-refractivity contribution is -0.142. The molecule has 3 rings (SSSR count). The summed E-state index contributed by atoms with van der Waals surface area (Å²) in [6, 6.07) is 10.5. The Balaban J connectivity index is 1.60. The van der Waals surface area contributed by atoms with E-state index in [0.717, 1.165) is 5.56 Å². The molecule has 1 heterocycles. The van der Waals surface area contributed by atoms with Gasteiger partial charge < -0.3 is 14.2 Å². The minimum Gasteiger partial charge on any atom is -0.493 e. The van der Waals surface area contributed by atoms with Crippen molar-refractivity contribution in [3.63, 3.8) is 0 Å². The minimum absolute atomic E-state index is 0.0624. The fourth-order valence-corrected chi connectivity index (χ4v) is 4.07. The molecule has 0 aliphatic carbocycles. The lowest BCUT2D eigenvalue weighted by Crippen LogP contribution is -2.09. The van der Waals surface area contributed by atoms with E-state index in [1.165, 1.54) is 24.5 Å². The Hall–Kier alpha value is -3.07. The van der Waals surface area contributed by atoms with Crippen molar-refractivity contribution in [1.82, 2.24) is 4.98 Å². The minimum atomic E-state index is -0.359. The summed E-state index contributed by atoms with van der Waals surface area (Å²) in [6.45, 7) is 2.23. The van der Waals surface area contributed by atoms with Crippen molar-refractivity contribution in [3.05, 3.63) is 74.7 Å². The van der Waals surface area contributed by atoms with Crippen molar-refractivity contribution < 1.29 is 23.8 Å². The molecule has 0 atom stereocenters. The number of carbonyl (C=O) groups excluding carboxylic acids is 2. The molecule has 7 nitrogen and oxygen atoms in total. The van der Waals surface area contributed by atoms with E-state index in [2.05, 4.69) is 10.3 Å². The summed E-state index contributed by atoms with van der Waals surface area (Å²) in [5, 5.41) is 5.81. The summed E-state index contributed by atoms with van der Waals surface area (Å²) in [4.78, 5) is 28.0. The van der Waals surface area contributed by atoms with Crippen molar-refractivity contribution in [3.8, 4) is 11.5 Å². The van der Waals surface area contributed by atoms with Gasteiger partial charge in [-0.2, -0.15) is 0 Å². The van der Waals surface area contributed by atoms with Crippen molar-refractivity contribution in [2.75, 3.05) is 19.0 Å². The molecule has 2 aromatic carbocycles. The Morgan fingerprint density at radius 3 is 2.62 bits per heavy atom. The van der Waals surface area contributed by atoms with Gasteiger partial charge in [-0.05, 0) is 42.8 Å². The van der Waals surface area contributed by atoms with Crippen molar-refractivity contribution in [2.24, 2.45) is 0 Å². The van der Waals surface area contributed by atoms with Crippen molar-refractivity contribution >= 4 is 57.6 Å².